The third-order valence-electron chi connectivity index (χ3n) is 3.27. The van der Waals surface area contributed by atoms with Crippen molar-refractivity contribution in [2.24, 2.45) is 0 Å². The molecule has 1 saturated heterocycles. The van der Waals surface area contributed by atoms with Crippen LogP contribution in [0.5, 0.6) is 0 Å². The molecule has 1 atom stereocenters. The highest BCUT2D eigenvalue weighted by atomic mass is 16.6. The molecule has 1 aliphatic heterocycles. The van der Waals surface area contributed by atoms with Gasteiger partial charge in [0, 0.05) is 19.6 Å². The van der Waals surface area contributed by atoms with Crippen molar-refractivity contribution in [3.63, 3.8) is 0 Å². The highest BCUT2D eigenvalue weighted by molar-refractivity contribution is 5.67. The van der Waals surface area contributed by atoms with Gasteiger partial charge in [0.15, 0.2) is 0 Å². The number of carbonyl (C=O) groups is 1. The molecule has 1 aromatic rings. The molecule has 0 saturated carbocycles. The maximum absolute atomic E-state index is 12.0. The number of benzene rings is 1. The number of rotatable bonds is 5. The minimum absolute atomic E-state index is 0.0491. The van der Waals surface area contributed by atoms with E-state index in [1.165, 1.54) is 0 Å². The Morgan fingerprint density at radius 1 is 1.45 bits per heavy atom. The van der Waals surface area contributed by atoms with E-state index in [2.05, 4.69) is 5.32 Å². The quantitative estimate of drug-likeness (QED) is 0.889. The predicted octanol–water partition coefficient (Wildman–Crippen LogP) is 1.63. The molecule has 0 aromatic heterocycles. The van der Waals surface area contributed by atoms with Crippen LogP contribution >= 0.6 is 0 Å². The van der Waals surface area contributed by atoms with Gasteiger partial charge in [-0.3, -0.25) is 0 Å². The molecule has 1 amide bonds. The zero-order valence-electron chi connectivity index (χ0n) is 11.9. The molecular formula is C15H22N2O3. The Kier molecular flexibility index (Phi) is 5.83. The lowest BCUT2D eigenvalue weighted by Crippen LogP contribution is -2.47. The monoisotopic (exact) mass is 278 g/mol. The maximum atomic E-state index is 12.0. The fraction of sp³-hybridized carbons (Fsp3) is 0.533. The van der Waals surface area contributed by atoms with Gasteiger partial charge in [-0.15, -0.1) is 0 Å². The summed E-state index contributed by atoms with van der Waals surface area (Å²) in [6, 6.07) is 9.69. The van der Waals surface area contributed by atoms with Crippen molar-refractivity contribution in [1.82, 2.24) is 10.2 Å². The molecule has 20 heavy (non-hydrogen) atoms. The molecule has 5 heteroatoms. The molecule has 1 fully saturated rings. The van der Waals surface area contributed by atoms with Gasteiger partial charge in [0.25, 0.3) is 0 Å². The van der Waals surface area contributed by atoms with Gasteiger partial charge in [-0.1, -0.05) is 30.3 Å². The summed E-state index contributed by atoms with van der Waals surface area (Å²) in [7, 11) is 0. The Hall–Kier alpha value is -1.59. The van der Waals surface area contributed by atoms with E-state index >= 15 is 0 Å². The summed E-state index contributed by atoms with van der Waals surface area (Å²) >= 11 is 0. The Morgan fingerprint density at radius 2 is 2.25 bits per heavy atom. The van der Waals surface area contributed by atoms with E-state index in [1.807, 2.05) is 37.3 Å². The van der Waals surface area contributed by atoms with E-state index in [9.17, 15) is 4.79 Å². The number of nitrogens with one attached hydrogen (secondary N) is 1. The summed E-state index contributed by atoms with van der Waals surface area (Å²) in [4.78, 5) is 13.7. The average molecular weight is 278 g/mol. The lowest BCUT2D eigenvalue weighted by molar-refractivity contribution is 0.00378. The summed E-state index contributed by atoms with van der Waals surface area (Å²) in [6.07, 6.45) is -0.237. The standard InChI is InChI=1S/C15H22N2O3/c1-2-17(11-14-10-16-8-9-19-14)15(18)20-12-13-6-4-3-5-7-13/h3-7,14,16H,2,8-12H2,1H3/t14-/m0/s1. The molecule has 0 spiro atoms. The van der Waals surface area contributed by atoms with Crippen molar-refractivity contribution in [3.8, 4) is 0 Å². The molecular weight excluding hydrogens is 256 g/mol. The maximum Gasteiger partial charge on any atom is 0.410 e. The largest absolute Gasteiger partial charge is 0.445 e. The van der Waals surface area contributed by atoms with Gasteiger partial charge < -0.3 is 19.7 Å². The van der Waals surface area contributed by atoms with Crippen molar-refractivity contribution in [2.75, 3.05) is 32.8 Å². The highest BCUT2D eigenvalue weighted by Gasteiger charge is 2.21. The summed E-state index contributed by atoms with van der Waals surface area (Å²) in [5.41, 5.74) is 0.993. The summed E-state index contributed by atoms with van der Waals surface area (Å²) < 4.78 is 10.9. The average Bonchev–Trinajstić information content (AvgIpc) is 2.52. The molecule has 1 aliphatic rings. The van der Waals surface area contributed by atoms with Crippen LogP contribution in [0.25, 0.3) is 0 Å². The van der Waals surface area contributed by atoms with E-state index in [0.29, 0.717) is 26.3 Å². The van der Waals surface area contributed by atoms with Crippen LogP contribution in [-0.2, 0) is 16.1 Å². The molecule has 5 nitrogen and oxygen atoms in total. The number of morpholine rings is 1. The van der Waals surface area contributed by atoms with E-state index in [1.54, 1.807) is 4.90 Å². The van der Waals surface area contributed by atoms with Crippen molar-refractivity contribution in [2.45, 2.75) is 19.6 Å². The van der Waals surface area contributed by atoms with Gasteiger partial charge in [0.1, 0.15) is 6.61 Å². The fourth-order valence-corrected chi connectivity index (χ4v) is 2.13. The van der Waals surface area contributed by atoms with Crippen molar-refractivity contribution in [3.05, 3.63) is 35.9 Å². The molecule has 2 rings (SSSR count). The zero-order valence-corrected chi connectivity index (χ0v) is 11.9. The Morgan fingerprint density at radius 3 is 2.90 bits per heavy atom. The highest BCUT2D eigenvalue weighted by Crippen LogP contribution is 2.06. The predicted molar refractivity (Wildman–Crippen MR) is 76.5 cm³/mol. The third kappa shape index (κ3) is 4.51. The number of likely N-dealkylation sites (N-methyl/N-ethyl adjacent to an activating group) is 1. The molecule has 1 aromatic carbocycles. The molecule has 0 radical (unpaired) electrons. The number of nitrogens with zero attached hydrogens (tertiary/aromatic N) is 1. The second-order valence-corrected chi connectivity index (χ2v) is 4.78. The first-order chi connectivity index (χ1) is 9.79. The Bertz CT molecular complexity index is 405. The zero-order chi connectivity index (χ0) is 14.2. The number of carbonyl (C=O) groups excluding carboxylic acids is 1. The molecule has 1 heterocycles. The van der Waals surface area contributed by atoms with Crippen molar-refractivity contribution < 1.29 is 14.3 Å². The minimum atomic E-state index is -0.287. The summed E-state index contributed by atoms with van der Waals surface area (Å²) in [5.74, 6) is 0. The normalized spacial score (nSPS) is 18.6. The van der Waals surface area contributed by atoms with Gasteiger partial charge in [-0.25, -0.2) is 4.79 Å². The van der Waals surface area contributed by atoms with E-state index in [0.717, 1.165) is 18.7 Å². The smallest absolute Gasteiger partial charge is 0.410 e. The number of ether oxygens (including phenoxy) is 2. The molecule has 110 valence electrons. The second-order valence-electron chi connectivity index (χ2n) is 4.78. The van der Waals surface area contributed by atoms with Crippen LogP contribution < -0.4 is 5.32 Å². The Labute approximate surface area is 119 Å². The van der Waals surface area contributed by atoms with Gasteiger partial charge >= 0.3 is 6.09 Å². The van der Waals surface area contributed by atoms with E-state index in [4.69, 9.17) is 9.47 Å². The van der Waals surface area contributed by atoms with Crippen molar-refractivity contribution in [1.29, 1.82) is 0 Å². The summed E-state index contributed by atoms with van der Waals surface area (Å²) in [5, 5.41) is 3.26. The van der Waals surface area contributed by atoms with Crippen LogP contribution in [0.3, 0.4) is 0 Å². The van der Waals surface area contributed by atoms with E-state index < -0.39 is 0 Å². The first-order valence-corrected chi connectivity index (χ1v) is 7.07. The number of hydrogen-bond donors (Lipinski definition) is 1. The van der Waals surface area contributed by atoms with Gasteiger partial charge in [-0.05, 0) is 12.5 Å². The molecule has 0 aliphatic carbocycles. The van der Waals surface area contributed by atoms with Gasteiger partial charge in [0.2, 0.25) is 0 Å². The fourth-order valence-electron chi connectivity index (χ4n) is 2.13. The first-order valence-electron chi connectivity index (χ1n) is 7.07. The first kappa shape index (κ1) is 14.8. The van der Waals surface area contributed by atoms with Crippen LogP contribution in [0.15, 0.2) is 30.3 Å². The molecule has 0 bridgehead atoms. The second kappa shape index (κ2) is 7.87. The number of amides is 1. The third-order valence-corrected chi connectivity index (χ3v) is 3.27. The van der Waals surface area contributed by atoms with Gasteiger partial charge in [-0.2, -0.15) is 0 Å². The lowest BCUT2D eigenvalue weighted by atomic mass is 10.2. The SMILES string of the molecule is CCN(C[C@@H]1CNCCO1)C(=O)OCc1ccccc1. The van der Waals surface area contributed by atoms with Crippen LogP contribution in [0.4, 0.5) is 4.79 Å². The number of hydrogen-bond acceptors (Lipinski definition) is 4. The van der Waals surface area contributed by atoms with Crippen LogP contribution in [0.2, 0.25) is 0 Å². The van der Waals surface area contributed by atoms with Crippen molar-refractivity contribution >= 4 is 6.09 Å². The Balaban J connectivity index is 1.79. The van der Waals surface area contributed by atoms with Crippen LogP contribution in [-0.4, -0.2) is 49.9 Å². The molecule has 0 unspecified atom stereocenters. The van der Waals surface area contributed by atoms with Crippen LogP contribution in [0, 0.1) is 0 Å². The molecule has 1 N–H and O–H groups in total. The lowest BCUT2D eigenvalue weighted by Gasteiger charge is -2.29. The topological polar surface area (TPSA) is 50.8 Å². The van der Waals surface area contributed by atoms with Crippen LogP contribution in [0.1, 0.15) is 12.5 Å². The van der Waals surface area contributed by atoms with Gasteiger partial charge in [0.05, 0.1) is 19.3 Å². The van der Waals surface area contributed by atoms with E-state index in [-0.39, 0.29) is 12.2 Å². The minimum Gasteiger partial charge on any atom is -0.445 e. The summed E-state index contributed by atoms with van der Waals surface area (Å²) in [6.45, 7) is 5.79.